The van der Waals surface area contributed by atoms with Crippen molar-refractivity contribution in [1.29, 1.82) is 0 Å². The highest BCUT2D eigenvalue weighted by molar-refractivity contribution is 7.91. The van der Waals surface area contributed by atoms with Gasteiger partial charge in [-0.25, -0.2) is 22.0 Å². The molecule has 140 valence electrons. The van der Waals surface area contributed by atoms with Crippen molar-refractivity contribution >= 4 is 25.8 Å². The monoisotopic (exact) mass is 389 g/mol. The number of hydrogen-bond acceptors (Lipinski definition) is 6. The average Bonchev–Trinajstić information content (AvgIpc) is 2.86. The quantitative estimate of drug-likeness (QED) is 0.530. The van der Waals surface area contributed by atoms with E-state index in [-0.39, 0.29) is 34.8 Å². The van der Waals surface area contributed by atoms with Gasteiger partial charge < -0.3 is 10.6 Å². The van der Waals surface area contributed by atoms with E-state index in [1.54, 1.807) is 12.1 Å². The van der Waals surface area contributed by atoms with E-state index in [1.807, 2.05) is 0 Å². The van der Waals surface area contributed by atoms with Gasteiger partial charge in [-0.1, -0.05) is 12.1 Å². The van der Waals surface area contributed by atoms with Gasteiger partial charge in [0.05, 0.1) is 16.4 Å². The Morgan fingerprint density at radius 2 is 1.88 bits per heavy atom. The van der Waals surface area contributed by atoms with Gasteiger partial charge in [-0.05, 0) is 30.5 Å². The normalized spacial score (nSPS) is 19.6. The predicted molar refractivity (Wildman–Crippen MR) is 94.2 cm³/mol. The molecule has 4 N–H and O–H groups in total. The number of sulfone groups is 1. The lowest BCUT2D eigenvalue weighted by atomic mass is 10.1. The van der Waals surface area contributed by atoms with E-state index >= 15 is 0 Å². The van der Waals surface area contributed by atoms with Crippen LogP contribution in [0.1, 0.15) is 18.4 Å². The number of carbonyl (C=O) groups excluding carboxylic acids is 1. The maximum Gasteiger partial charge on any atom is 0.238 e. The first-order valence-corrected chi connectivity index (χ1v) is 11.3. The standard InChI is InChI=1S/C15H23N3O5S2/c16-25(22,23)14-3-1-12(2-4-14)5-8-18-15(19)6-9-17-13-7-10-24(20,21)11-13/h1-4,13,17H,5-11H2,(H,18,19)(H2,16,22,23). The van der Waals surface area contributed by atoms with Crippen LogP contribution in [0.25, 0.3) is 0 Å². The second kappa shape index (κ2) is 8.26. The van der Waals surface area contributed by atoms with E-state index in [4.69, 9.17) is 5.14 Å². The maximum atomic E-state index is 11.8. The highest BCUT2D eigenvalue weighted by Crippen LogP contribution is 2.11. The van der Waals surface area contributed by atoms with Crippen molar-refractivity contribution in [3.05, 3.63) is 29.8 Å². The van der Waals surface area contributed by atoms with Crippen molar-refractivity contribution in [3.8, 4) is 0 Å². The molecule has 1 unspecified atom stereocenters. The molecule has 1 aromatic carbocycles. The molecule has 1 amide bonds. The fraction of sp³-hybridized carbons (Fsp3) is 0.533. The number of carbonyl (C=O) groups is 1. The van der Waals surface area contributed by atoms with Gasteiger partial charge in [0, 0.05) is 25.6 Å². The number of sulfonamides is 1. The first-order valence-electron chi connectivity index (χ1n) is 7.98. The molecular formula is C15H23N3O5S2. The Bertz CT molecular complexity index is 804. The molecule has 1 heterocycles. The SMILES string of the molecule is NS(=O)(=O)c1ccc(CCNC(=O)CCNC2CCS(=O)(=O)C2)cc1. The van der Waals surface area contributed by atoms with Crippen LogP contribution in [0.2, 0.25) is 0 Å². The second-order valence-electron chi connectivity index (χ2n) is 6.09. The first-order chi connectivity index (χ1) is 11.7. The predicted octanol–water partition coefficient (Wildman–Crippen LogP) is -0.840. The van der Waals surface area contributed by atoms with E-state index in [0.717, 1.165) is 5.56 Å². The van der Waals surface area contributed by atoms with Crippen molar-refractivity contribution in [2.24, 2.45) is 5.14 Å². The molecule has 2 rings (SSSR count). The zero-order chi connectivity index (χ0) is 18.5. The third kappa shape index (κ3) is 6.73. The molecule has 1 atom stereocenters. The van der Waals surface area contributed by atoms with Crippen molar-refractivity contribution in [1.82, 2.24) is 10.6 Å². The van der Waals surface area contributed by atoms with Crippen molar-refractivity contribution in [3.63, 3.8) is 0 Å². The lowest BCUT2D eigenvalue weighted by molar-refractivity contribution is -0.120. The number of benzene rings is 1. The molecule has 0 bridgehead atoms. The number of primary sulfonamides is 1. The molecular weight excluding hydrogens is 366 g/mol. The number of amides is 1. The average molecular weight is 389 g/mol. The van der Waals surface area contributed by atoms with E-state index in [1.165, 1.54) is 12.1 Å². The summed E-state index contributed by atoms with van der Waals surface area (Å²) in [4.78, 5) is 11.8. The van der Waals surface area contributed by atoms with Crippen LogP contribution in [0.15, 0.2) is 29.2 Å². The fourth-order valence-corrected chi connectivity index (χ4v) is 4.85. The highest BCUT2D eigenvalue weighted by atomic mass is 32.2. The molecule has 1 aliphatic rings. The van der Waals surface area contributed by atoms with Gasteiger partial charge in [-0.3, -0.25) is 4.79 Å². The number of nitrogens with one attached hydrogen (secondary N) is 2. The Balaban J connectivity index is 1.64. The van der Waals surface area contributed by atoms with Gasteiger partial charge in [0.2, 0.25) is 15.9 Å². The summed E-state index contributed by atoms with van der Waals surface area (Å²) in [5, 5.41) is 10.9. The van der Waals surface area contributed by atoms with Gasteiger partial charge in [0.15, 0.2) is 9.84 Å². The number of hydrogen-bond donors (Lipinski definition) is 3. The number of rotatable bonds is 8. The summed E-state index contributed by atoms with van der Waals surface area (Å²) in [7, 11) is -6.60. The minimum Gasteiger partial charge on any atom is -0.356 e. The molecule has 25 heavy (non-hydrogen) atoms. The molecule has 1 aliphatic heterocycles. The topological polar surface area (TPSA) is 135 Å². The molecule has 0 spiro atoms. The van der Waals surface area contributed by atoms with Crippen molar-refractivity contribution < 1.29 is 21.6 Å². The fourth-order valence-electron chi connectivity index (χ4n) is 2.63. The summed E-state index contributed by atoms with van der Waals surface area (Å²) in [5.41, 5.74) is 0.891. The van der Waals surface area contributed by atoms with E-state index in [0.29, 0.717) is 25.9 Å². The lowest BCUT2D eigenvalue weighted by Crippen LogP contribution is -2.34. The first kappa shape index (κ1) is 19.8. The molecule has 0 aromatic heterocycles. The third-order valence-electron chi connectivity index (χ3n) is 4.01. The van der Waals surface area contributed by atoms with Crippen LogP contribution in [0.3, 0.4) is 0 Å². The van der Waals surface area contributed by atoms with Gasteiger partial charge in [-0.2, -0.15) is 0 Å². The van der Waals surface area contributed by atoms with Crippen LogP contribution in [0.5, 0.6) is 0 Å². The van der Waals surface area contributed by atoms with Gasteiger partial charge in [0.1, 0.15) is 0 Å². The Morgan fingerprint density at radius 1 is 1.20 bits per heavy atom. The van der Waals surface area contributed by atoms with Gasteiger partial charge >= 0.3 is 0 Å². The maximum absolute atomic E-state index is 11.8. The third-order valence-corrected chi connectivity index (χ3v) is 6.70. The molecule has 0 aliphatic carbocycles. The molecule has 1 fully saturated rings. The Labute approximate surface area is 148 Å². The molecule has 10 heteroatoms. The highest BCUT2D eigenvalue weighted by Gasteiger charge is 2.27. The lowest BCUT2D eigenvalue weighted by Gasteiger charge is -2.10. The van der Waals surface area contributed by atoms with Gasteiger partial charge in [-0.15, -0.1) is 0 Å². The minimum atomic E-state index is -3.69. The van der Waals surface area contributed by atoms with Crippen LogP contribution in [0.4, 0.5) is 0 Å². The van der Waals surface area contributed by atoms with Gasteiger partial charge in [0.25, 0.3) is 0 Å². The Morgan fingerprint density at radius 3 is 2.44 bits per heavy atom. The summed E-state index contributed by atoms with van der Waals surface area (Å²) >= 11 is 0. The summed E-state index contributed by atoms with van der Waals surface area (Å²) in [6, 6.07) is 6.13. The molecule has 8 nitrogen and oxygen atoms in total. The zero-order valence-corrected chi connectivity index (χ0v) is 15.4. The zero-order valence-electron chi connectivity index (χ0n) is 13.8. The Kier molecular flexibility index (Phi) is 6.55. The van der Waals surface area contributed by atoms with Crippen LogP contribution >= 0.6 is 0 Å². The Hall–Kier alpha value is -1.49. The number of nitrogens with two attached hydrogens (primary N) is 1. The molecule has 0 saturated carbocycles. The van der Waals surface area contributed by atoms with Crippen LogP contribution < -0.4 is 15.8 Å². The molecule has 1 aromatic rings. The van der Waals surface area contributed by atoms with E-state index in [9.17, 15) is 21.6 Å². The van der Waals surface area contributed by atoms with Crippen LogP contribution in [0, 0.1) is 0 Å². The molecule has 1 saturated heterocycles. The van der Waals surface area contributed by atoms with E-state index in [2.05, 4.69) is 10.6 Å². The van der Waals surface area contributed by atoms with Crippen LogP contribution in [-0.4, -0.2) is 53.4 Å². The summed E-state index contributed by atoms with van der Waals surface area (Å²) in [6.07, 6.45) is 1.45. The smallest absolute Gasteiger partial charge is 0.238 e. The summed E-state index contributed by atoms with van der Waals surface area (Å²) in [5.74, 6) is 0.235. The van der Waals surface area contributed by atoms with E-state index < -0.39 is 19.9 Å². The van der Waals surface area contributed by atoms with Crippen molar-refractivity contribution in [2.75, 3.05) is 24.6 Å². The second-order valence-corrected chi connectivity index (χ2v) is 9.88. The van der Waals surface area contributed by atoms with Crippen molar-refractivity contribution in [2.45, 2.75) is 30.2 Å². The van der Waals surface area contributed by atoms with Crippen LogP contribution in [-0.2, 0) is 31.1 Å². The molecule has 0 radical (unpaired) electrons. The summed E-state index contributed by atoms with van der Waals surface area (Å²) < 4.78 is 45.0. The minimum absolute atomic E-state index is 0.0558. The largest absolute Gasteiger partial charge is 0.356 e. The summed E-state index contributed by atoms with van der Waals surface area (Å²) in [6.45, 7) is 0.875.